The lowest BCUT2D eigenvalue weighted by Gasteiger charge is -2.36. The minimum Gasteiger partial charge on any atom is -0.464 e. The Bertz CT molecular complexity index is 2080. The van der Waals surface area contributed by atoms with Gasteiger partial charge in [-0.15, -0.1) is 11.3 Å². The second-order valence-electron chi connectivity index (χ2n) is 15.2. The molecule has 6 bridgehead atoms. The molecule has 0 radical (unpaired) electrons. The molecule has 5 heterocycles. The number of amides is 2. The van der Waals surface area contributed by atoms with Crippen LogP contribution in [-0.4, -0.2) is 69.7 Å². The molecule has 278 valence electrons. The summed E-state index contributed by atoms with van der Waals surface area (Å²) in [5, 5.41) is 17.7. The van der Waals surface area contributed by atoms with Crippen LogP contribution in [0.15, 0.2) is 41.9 Å². The number of hydrazine groups is 1. The average molecular weight is 738 g/mol. The summed E-state index contributed by atoms with van der Waals surface area (Å²) < 4.78 is 14.1. The van der Waals surface area contributed by atoms with Gasteiger partial charge in [-0.05, 0) is 75.8 Å². The number of carbonyl (C=O) groups excluding carboxylic acids is 3. The van der Waals surface area contributed by atoms with Crippen molar-refractivity contribution in [1.29, 1.82) is 5.26 Å². The van der Waals surface area contributed by atoms with Crippen LogP contribution in [0.5, 0.6) is 0 Å². The van der Waals surface area contributed by atoms with E-state index in [0.29, 0.717) is 43.7 Å². The van der Waals surface area contributed by atoms with Gasteiger partial charge in [-0.2, -0.15) is 5.26 Å². The predicted molar refractivity (Wildman–Crippen MR) is 201 cm³/mol. The second kappa shape index (κ2) is 15.0. The summed E-state index contributed by atoms with van der Waals surface area (Å²) in [4.78, 5) is 50.9. The van der Waals surface area contributed by atoms with Crippen LogP contribution < -0.4 is 10.7 Å². The Morgan fingerprint density at radius 2 is 2.08 bits per heavy atom. The first kappa shape index (κ1) is 36.7. The number of hydrogen-bond acceptors (Lipinski definition) is 10. The molecule has 0 unspecified atom stereocenters. The van der Waals surface area contributed by atoms with Crippen molar-refractivity contribution in [2.24, 2.45) is 17.3 Å². The number of pyridine rings is 1. The zero-order valence-corrected chi connectivity index (χ0v) is 31.8. The summed E-state index contributed by atoms with van der Waals surface area (Å²) in [5.74, 6) is -1.88. The van der Waals surface area contributed by atoms with Crippen LogP contribution >= 0.6 is 11.3 Å². The van der Waals surface area contributed by atoms with Gasteiger partial charge in [-0.1, -0.05) is 19.9 Å². The van der Waals surface area contributed by atoms with E-state index in [-0.39, 0.29) is 36.9 Å². The molecule has 2 aliphatic heterocycles. The number of carbonyl (C=O) groups is 3. The maximum atomic E-state index is 14.1. The molecule has 7 rings (SSSR count). The van der Waals surface area contributed by atoms with E-state index >= 15 is 0 Å². The zero-order valence-electron chi connectivity index (χ0n) is 31.0. The molecule has 3 aromatic heterocycles. The summed E-state index contributed by atoms with van der Waals surface area (Å²) in [7, 11) is 1.69. The summed E-state index contributed by atoms with van der Waals surface area (Å²) in [6.45, 7) is 9.61. The van der Waals surface area contributed by atoms with E-state index in [0.717, 1.165) is 51.2 Å². The number of aromatic nitrogens is 3. The summed E-state index contributed by atoms with van der Waals surface area (Å²) in [5.41, 5.74) is 9.47. The van der Waals surface area contributed by atoms with E-state index in [4.69, 9.17) is 19.4 Å². The number of thiazole rings is 1. The van der Waals surface area contributed by atoms with Gasteiger partial charge in [0, 0.05) is 65.6 Å². The molecule has 1 aromatic carbocycles. The van der Waals surface area contributed by atoms with Gasteiger partial charge < -0.3 is 19.4 Å². The summed E-state index contributed by atoms with van der Waals surface area (Å²) >= 11 is 1.44. The maximum absolute atomic E-state index is 14.1. The topological polar surface area (TPSA) is 151 Å². The van der Waals surface area contributed by atoms with E-state index in [9.17, 15) is 19.6 Å². The largest absolute Gasteiger partial charge is 0.464 e. The molecule has 1 saturated carbocycles. The average Bonchev–Trinajstić information content (AvgIpc) is 3.74. The van der Waals surface area contributed by atoms with Crippen LogP contribution in [0, 0.1) is 28.6 Å². The molecule has 12 nitrogen and oxygen atoms in total. The van der Waals surface area contributed by atoms with Gasteiger partial charge in [0.25, 0.3) is 5.91 Å². The Hall–Kier alpha value is -4.64. The molecule has 1 saturated heterocycles. The molecule has 13 heteroatoms. The van der Waals surface area contributed by atoms with Gasteiger partial charge in [-0.3, -0.25) is 24.4 Å². The fraction of sp³-hybridized carbons (Fsp3) is 0.500. The fourth-order valence-corrected chi connectivity index (χ4v) is 8.66. The van der Waals surface area contributed by atoms with Crippen molar-refractivity contribution in [1.82, 2.24) is 30.3 Å². The van der Waals surface area contributed by atoms with Crippen molar-refractivity contribution in [2.45, 2.75) is 91.0 Å². The predicted octanol–water partition coefficient (Wildman–Crippen LogP) is 5.75. The number of methoxy groups -OCH3 is 1. The van der Waals surface area contributed by atoms with Gasteiger partial charge in [0.15, 0.2) is 0 Å². The number of nitriles is 1. The molecular formula is C40H47N7O5S. The van der Waals surface area contributed by atoms with Gasteiger partial charge in [0.1, 0.15) is 12.1 Å². The third-order valence-corrected chi connectivity index (χ3v) is 11.8. The minimum absolute atomic E-state index is 0.167. The molecule has 2 fully saturated rings. The Kier molecular flexibility index (Phi) is 10.4. The number of rotatable bonds is 6. The summed E-state index contributed by atoms with van der Waals surface area (Å²) in [6.07, 6.45) is 4.73. The number of esters is 1. The first-order valence-electron chi connectivity index (χ1n) is 18.5. The highest BCUT2D eigenvalue weighted by molar-refractivity contribution is 7.10. The van der Waals surface area contributed by atoms with Crippen LogP contribution in [0.3, 0.4) is 0 Å². The Labute approximate surface area is 313 Å². The van der Waals surface area contributed by atoms with E-state index in [1.54, 1.807) is 13.3 Å². The Balaban J connectivity index is 1.34. The summed E-state index contributed by atoms with van der Waals surface area (Å²) in [6, 6.07) is 11.0. The molecule has 1 aliphatic carbocycles. The van der Waals surface area contributed by atoms with Crippen molar-refractivity contribution in [2.75, 3.05) is 20.3 Å². The smallest absolute Gasteiger partial charge is 0.324 e. The molecule has 0 spiro atoms. The van der Waals surface area contributed by atoms with Crippen molar-refractivity contribution in [3.8, 4) is 28.6 Å². The Morgan fingerprint density at radius 1 is 1.25 bits per heavy atom. The van der Waals surface area contributed by atoms with Gasteiger partial charge in [0.2, 0.25) is 5.91 Å². The van der Waals surface area contributed by atoms with Crippen LogP contribution in [-0.2, 0) is 43.2 Å². The van der Waals surface area contributed by atoms with Gasteiger partial charge in [0.05, 0.1) is 52.7 Å². The first-order chi connectivity index (χ1) is 25.5. The second-order valence-corrected chi connectivity index (χ2v) is 16.1. The number of nitrogens with one attached hydrogen (secondary N) is 2. The number of nitrogens with zero attached hydrogens (tertiary/aromatic N) is 5. The van der Waals surface area contributed by atoms with Crippen molar-refractivity contribution in [3.63, 3.8) is 0 Å². The van der Waals surface area contributed by atoms with E-state index in [1.165, 1.54) is 16.3 Å². The number of hydrogen-bond donors (Lipinski definition) is 2. The van der Waals surface area contributed by atoms with Crippen molar-refractivity contribution >= 4 is 40.0 Å². The number of cyclic esters (lactones) is 1. The Morgan fingerprint density at radius 3 is 2.81 bits per heavy atom. The zero-order chi connectivity index (χ0) is 37.4. The van der Waals surface area contributed by atoms with Crippen LogP contribution in [0.2, 0.25) is 0 Å². The monoisotopic (exact) mass is 737 g/mol. The van der Waals surface area contributed by atoms with E-state index in [2.05, 4.69) is 66.4 Å². The van der Waals surface area contributed by atoms with Crippen molar-refractivity contribution < 1.29 is 23.9 Å². The lowest BCUT2D eigenvalue weighted by atomic mass is 9.74. The molecule has 3 aliphatic rings. The molecule has 4 aromatic rings. The third kappa shape index (κ3) is 7.20. The number of aryl methyl sites for hydroxylation is 1. The van der Waals surface area contributed by atoms with E-state index < -0.39 is 29.4 Å². The standard InChI is InChI=1S/C40H47N7O5S/c1-6-46-33-14-12-24-17-28(33)29(36(46)27-9-7-15-42-35(27)23(2)51-5)19-40(3,4)22-52-39(50)30-10-8-16-47(45-30)38(49)31(18-34-43-32(24)21-53-34)44-37(48)26-13-11-25(26)20-41/h7,9,12,14-15,17,21,23,25-26,30-31,45H,6,8,10-11,13,16,18-19,22H2,1-5H3,(H,44,48)/t23-,25+,26-,30-,31-/m0/s1. The highest BCUT2D eigenvalue weighted by Crippen LogP contribution is 2.42. The highest BCUT2D eigenvalue weighted by atomic mass is 32.1. The SMILES string of the molecule is CCn1c(-c2cccnc2[C@H](C)OC)c2c3cc(ccc31)-c1csc(n1)C[C@H](NC(=O)[C@H]1CC[C@@H]1C#N)C(=O)N1CCC[C@H](N1)C(=O)OCC(C)(C)C2. The molecule has 5 atom stereocenters. The highest BCUT2D eigenvalue weighted by Gasteiger charge is 2.40. The van der Waals surface area contributed by atoms with Crippen LogP contribution in [0.1, 0.15) is 75.7 Å². The van der Waals surface area contributed by atoms with Crippen molar-refractivity contribution in [3.05, 3.63) is 58.2 Å². The van der Waals surface area contributed by atoms with Gasteiger partial charge in [-0.25, -0.2) is 10.4 Å². The normalized spacial score (nSPS) is 23.7. The number of fused-ring (bicyclic) bond motifs is 6. The quantitative estimate of drug-likeness (QED) is 0.236. The molecular weight excluding hydrogens is 691 g/mol. The molecule has 2 N–H and O–H groups in total. The van der Waals surface area contributed by atoms with Crippen LogP contribution in [0.4, 0.5) is 0 Å². The lowest BCUT2D eigenvalue weighted by Crippen LogP contribution is -2.61. The lowest BCUT2D eigenvalue weighted by molar-refractivity contribution is -0.155. The third-order valence-electron chi connectivity index (χ3n) is 10.9. The maximum Gasteiger partial charge on any atom is 0.324 e. The first-order valence-corrected chi connectivity index (χ1v) is 19.4. The fourth-order valence-electron chi connectivity index (χ4n) is 7.81. The molecule has 53 heavy (non-hydrogen) atoms. The minimum atomic E-state index is -0.931. The van der Waals surface area contributed by atoms with Gasteiger partial charge >= 0.3 is 5.97 Å². The van der Waals surface area contributed by atoms with E-state index in [1.807, 2.05) is 18.4 Å². The number of benzene rings is 1. The van der Waals surface area contributed by atoms with Crippen LogP contribution in [0.25, 0.3) is 33.4 Å². The molecule has 2 amide bonds. The number of ether oxygens (including phenoxy) is 2.